The molecule has 156 valence electrons. The third kappa shape index (κ3) is 5.44. The number of nitrogens with zero attached hydrogens (tertiary/aromatic N) is 2. The van der Waals surface area contributed by atoms with Gasteiger partial charge in [0.2, 0.25) is 10.0 Å². The number of carbonyl (C=O) groups is 1. The molecule has 6 nitrogen and oxygen atoms in total. The lowest BCUT2D eigenvalue weighted by molar-refractivity contribution is 0.0997. The van der Waals surface area contributed by atoms with E-state index in [0.717, 1.165) is 5.56 Å². The molecule has 1 aromatic heterocycles. The van der Waals surface area contributed by atoms with Crippen molar-refractivity contribution in [2.75, 3.05) is 0 Å². The van der Waals surface area contributed by atoms with Crippen LogP contribution in [-0.4, -0.2) is 24.9 Å². The number of benzene rings is 2. The number of sulfonamides is 1. The Morgan fingerprint density at radius 2 is 1.77 bits per heavy atom. The van der Waals surface area contributed by atoms with Crippen LogP contribution in [0.4, 0.5) is 0 Å². The smallest absolute Gasteiger partial charge is 0.280 e. The molecule has 8 heteroatoms. The lowest BCUT2D eigenvalue weighted by atomic mass is 10.2. The van der Waals surface area contributed by atoms with Gasteiger partial charge in [-0.25, -0.2) is 13.1 Å². The summed E-state index contributed by atoms with van der Waals surface area (Å²) in [6, 6.07) is 18.9. The number of rotatable bonds is 6. The molecule has 1 N–H and O–H groups in total. The van der Waals surface area contributed by atoms with Crippen LogP contribution in [0.25, 0.3) is 0 Å². The van der Waals surface area contributed by atoms with E-state index in [1.165, 1.54) is 18.2 Å². The van der Waals surface area contributed by atoms with Gasteiger partial charge >= 0.3 is 0 Å². The highest BCUT2D eigenvalue weighted by atomic mass is 35.5. The van der Waals surface area contributed by atoms with E-state index in [-0.39, 0.29) is 21.5 Å². The van der Waals surface area contributed by atoms with Gasteiger partial charge in [0.25, 0.3) is 5.91 Å². The van der Waals surface area contributed by atoms with Crippen molar-refractivity contribution in [1.82, 2.24) is 9.29 Å². The SMILES string of the molecule is CC(C)NS(=O)(=O)c1ccc(Cl)c(C(=O)N=c2ccccn2Cc2ccccc2)c1. The van der Waals surface area contributed by atoms with E-state index in [4.69, 9.17) is 11.6 Å². The molecule has 0 spiro atoms. The second kappa shape index (κ2) is 9.38. The average molecular weight is 444 g/mol. The zero-order valence-electron chi connectivity index (χ0n) is 16.6. The Bertz CT molecular complexity index is 1220. The summed E-state index contributed by atoms with van der Waals surface area (Å²) in [5.41, 5.74) is 1.53. The summed E-state index contributed by atoms with van der Waals surface area (Å²) in [4.78, 5) is 17.0. The van der Waals surface area contributed by atoms with Gasteiger partial charge in [-0.05, 0) is 49.7 Å². The minimum absolute atomic E-state index is 0.0263. The number of aromatic nitrogens is 1. The first kappa shape index (κ1) is 22.0. The molecule has 0 radical (unpaired) electrons. The molecule has 0 aliphatic carbocycles. The van der Waals surface area contributed by atoms with E-state index >= 15 is 0 Å². The molecule has 3 rings (SSSR count). The van der Waals surface area contributed by atoms with Crippen molar-refractivity contribution in [3.63, 3.8) is 0 Å². The van der Waals surface area contributed by atoms with Crippen molar-refractivity contribution in [2.45, 2.75) is 31.3 Å². The zero-order chi connectivity index (χ0) is 21.7. The molecule has 0 saturated heterocycles. The number of pyridine rings is 1. The molecule has 0 atom stereocenters. The van der Waals surface area contributed by atoms with Crippen LogP contribution in [0.15, 0.2) is 82.8 Å². The van der Waals surface area contributed by atoms with Crippen molar-refractivity contribution in [2.24, 2.45) is 4.99 Å². The molecule has 0 unspecified atom stereocenters. The van der Waals surface area contributed by atoms with E-state index in [1.807, 2.05) is 47.2 Å². The average Bonchev–Trinajstić information content (AvgIpc) is 2.69. The van der Waals surface area contributed by atoms with Crippen LogP contribution in [0.5, 0.6) is 0 Å². The van der Waals surface area contributed by atoms with Crippen LogP contribution < -0.4 is 10.2 Å². The summed E-state index contributed by atoms with van der Waals surface area (Å²) < 4.78 is 29.2. The van der Waals surface area contributed by atoms with Gasteiger partial charge in [-0.1, -0.05) is 48.0 Å². The van der Waals surface area contributed by atoms with Crippen molar-refractivity contribution in [3.05, 3.63) is 94.6 Å². The molecule has 30 heavy (non-hydrogen) atoms. The third-order valence-corrected chi connectivity index (χ3v) is 6.18. The Kier molecular flexibility index (Phi) is 6.87. The maximum Gasteiger partial charge on any atom is 0.280 e. The van der Waals surface area contributed by atoms with Crippen LogP contribution in [0.1, 0.15) is 29.8 Å². The highest BCUT2D eigenvalue weighted by molar-refractivity contribution is 7.89. The van der Waals surface area contributed by atoms with Gasteiger partial charge in [0, 0.05) is 18.8 Å². The largest absolute Gasteiger partial charge is 0.328 e. The number of hydrogen-bond donors (Lipinski definition) is 1. The quantitative estimate of drug-likeness (QED) is 0.631. The number of halogens is 1. The van der Waals surface area contributed by atoms with Crippen molar-refractivity contribution < 1.29 is 13.2 Å². The first-order valence-electron chi connectivity index (χ1n) is 9.36. The van der Waals surface area contributed by atoms with Crippen molar-refractivity contribution in [3.8, 4) is 0 Å². The molecule has 2 aromatic carbocycles. The minimum atomic E-state index is -3.76. The molecule has 1 amide bonds. The van der Waals surface area contributed by atoms with Gasteiger partial charge in [0.15, 0.2) is 0 Å². The molecule has 0 fully saturated rings. The summed E-state index contributed by atoms with van der Waals surface area (Å²) in [7, 11) is -3.76. The van der Waals surface area contributed by atoms with Crippen LogP contribution in [0, 0.1) is 0 Å². The third-order valence-electron chi connectivity index (χ3n) is 4.20. The van der Waals surface area contributed by atoms with Gasteiger partial charge in [0.05, 0.1) is 15.5 Å². The molecular weight excluding hydrogens is 422 g/mol. The number of carbonyl (C=O) groups excluding carboxylic acids is 1. The van der Waals surface area contributed by atoms with E-state index in [0.29, 0.717) is 12.0 Å². The van der Waals surface area contributed by atoms with Crippen molar-refractivity contribution in [1.29, 1.82) is 0 Å². The minimum Gasteiger partial charge on any atom is -0.328 e. The number of hydrogen-bond acceptors (Lipinski definition) is 3. The summed E-state index contributed by atoms with van der Waals surface area (Å²) >= 11 is 6.18. The highest BCUT2D eigenvalue weighted by Crippen LogP contribution is 2.21. The standard InChI is InChI=1S/C22H22ClN3O3S/c1-16(2)25-30(28,29)18-11-12-20(23)19(14-18)22(27)24-21-10-6-7-13-26(21)15-17-8-4-3-5-9-17/h3-14,16,25H,15H2,1-2H3. The number of nitrogens with one attached hydrogen (secondary N) is 1. The Balaban J connectivity index is 1.99. The zero-order valence-corrected chi connectivity index (χ0v) is 18.2. The summed E-state index contributed by atoms with van der Waals surface area (Å²) in [5.74, 6) is -0.616. The van der Waals surface area contributed by atoms with Crippen LogP contribution in [0.3, 0.4) is 0 Å². The fourth-order valence-electron chi connectivity index (χ4n) is 2.86. The molecular formula is C22H22ClN3O3S. The lowest BCUT2D eigenvalue weighted by Gasteiger charge is -2.11. The fourth-order valence-corrected chi connectivity index (χ4v) is 4.34. The van der Waals surface area contributed by atoms with Crippen LogP contribution in [-0.2, 0) is 16.6 Å². The first-order valence-corrected chi connectivity index (χ1v) is 11.2. The van der Waals surface area contributed by atoms with Gasteiger partial charge < -0.3 is 4.57 Å². The Hall–Kier alpha value is -2.74. The molecule has 1 heterocycles. The normalized spacial score (nSPS) is 12.3. The van der Waals surface area contributed by atoms with Crippen LogP contribution >= 0.6 is 11.6 Å². The summed E-state index contributed by atoms with van der Waals surface area (Å²) in [5, 5.41) is 0.137. The van der Waals surface area contributed by atoms with E-state index in [1.54, 1.807) is 26.0 Å². The molecule has 0 bridgehead atoms. The molecule has 0 saturated carbocycles. The van der Waals surface area contributed by atoms with Crippen LogP contribution in [0.2, 0.25) is 5.02 Å². The highest BCUT2D eigenvalue weighted by Gasteiger charge is 2.19. The van der Waals surface area contributed by atoms with E-state index in [9.17, 15) is 13.2 Å². The Morgan fingerprint density at radius 1 is 1.07 bits per heavy atom. The van der Waals surface area contributed by atoms with Gasteiger partial charge in [-0.2, -0.15) is 4.99 Å². The number of amides is 1. The summed E-state index contributed by atoms with van der Waals surface area (Å²) in [6.07, 6.45) is 1.83. The molecule has 3 aromatic rings. The van der Waals surface area contributed by atoms with Gasteiger partial charge in [0.1, 0.15) is 5.49 Å². The Morgan fingerprint density at radius 3 is 2.47 bits per heavy atom. The predicted molar refractivity (Wildman–Crippen MR) is 117 cm³/mol. The molecule has 0 aliphatic heterocycles. The van der Waals surface area contributed by atoms with E-state index in [2.05, 4.69) is 9.71 Å². The lowest BCUT2D eigenvalue weighted by Crippen LogP contribution is -2.30. The fraction of sp³-hybridized carbons (Fsp3) is 0.182. The topological polar surface area (TPSA) is 80.5 Å². The Labute approximate surface area is 180 Å². The van der Waals surface area contributed by atoms with Gasteiger partial charge in [-0.3, -0.25) is 4.79 Å². The van der Waals surface area contributed by atoms with Gasteiger partial charge in [-0.15, -0.1) is 0 Å². The maximum absolute atomic E-state index is 12.9. The first-order chi connectivity index (χ1) is 14.3. The molecule has 0 aliphatic rings. The second-order valence-electron chi connectivity index (χ2n) is 7.01. The summed E-state index contributed by atoms with van der Waals surface area (Å²) in [6.45, 7) is 3.97. The maximum atomic E-state index is 12.9. The van der Waals surface area contributed by atoms with Crippen molar-refractivity contribution >= 4 is 27.5 Å². The predicted octanol–water partition coefficient (Wildman–Crippen LogP) is 3.62. The second-order valence-corrected chi connectivity index (χ2v) is 9.13. The monoisotopic (exact) mass is 443 g/mol. The van der Waals surface area contributed by atoms with E-state index < -0.39 is 15.9 Å².